The van der Waals surface area contributed by atoms with Gasteiger partial charge >= 0.3 is 0 Å². The minimum Gasteiger partial charge on any atom is -0.492 e. The van der Waals surface area contributed by atoms with Crippen molar-refractivity contribution in [2.24, 2.45) is 5.41 Å². The number of rotatable bonds is 4. The lowest BCUT2D eigenvalue weighted by atomic mass is 10.1. The highest BCUT2D eigenvalue weighted by atomic mass is 79.9. The van der Waals surface area contributed by atoms with Gasteiger partial charge in [0, 0.05) is 16.3 Å². The lowest BCUT2D eigenvalue weighted by Gasteiger charge is -2.14. The molecule has 2 rings (SSSR count). The number of benzene rings is 1. The summed E-state index contributed by atoms with van der Waals surface area (Å²) in [6.07, 6.45) is 2.81. The molecule has 1 aliphatic carbocycles. The lowest BCUT2D eigenvalue weighted by molar-refractivity contribution is 0.235. The Morgan fingerprint density at radius 2 is 2.12 bits per heavy atom. The maximum Gasteiger partial charge on any atom is 0.133 e. The Morgan fingerprint density at radius 1 is 1.38 bits per heavy atom. The largest absolute Gasteiger partial charge is 0.492 e. The molecule has 0 atom stereocenters. The van der Waals surface area contributed by atoms with Crippen LogP contribution in [0.5, 0.6) is 5.75 Å². The molecule has 16 heavy (non-hydrogen) atoms. The minimum atomic E-state index is 0.126. The van der Waals surface area contributed by atoms with Crippen molar-refractivity contribution in [3.63, 3.8) is 0 Å². The van der Waals surface area contributed by atoms with Crippen LogP contribution >= 0.6 is 31.9 Å². The van der Waals surface area contributed by atoms with Crippen LogP contribution in [0.1, 0.15) is 19.3 Å². The molecule has 1 fully saturated rings. The van der Waals surface area contributed by atoms with E-state index in [9.17, 15) is 0 Å². The van der Waals surface area contributed by atoms with E-state index in [1.54, 1.807) is 0 Å². The summed E-state index contributed by atoms with van der Waals surface area (Å²) in [7, 11) is 0. The summed E-state index contributed by atoms with van der Waals surface area (Å²) in [5, 5.41) is 8.71. The van der Waals surface area contributed by atoms with E-state index in [1.165, 1.54) is 0 Å². The quantitative estimate of drug-likeness (QED) is 0.816. The van der Waals surface area contributed by atoms with Crippen LogP contribution in [0.3, 0.4) is 0 Å². The van der Waals surface area contributed by atoms with Crippen LogP contribution < -0.4 is 4.74 Å². The number of halogens is 2. The number of hydrogen-bond acceptors (Lipinski definition) is 2. The summed E-state index contributed by atoms with van der Waals surface area (Å²) in [5.41, 5.74) is 0.126. The molecule has 1 aliphatic rings. The fourth-order valence-corrected chi connectivity index (χ4v) is 2.70. The summed E-state index contributed by atoms with van der Waals surface area (Å²) in [5.74, 6) is 0.840. The van der Waals surface area contributed by atoms with Gasteiger partial charge in [0.05, 0.1) is 17.1 Å². The summed E-state index contributed by atoms with van der Waals surface area (Å²) in [4.78, 5) is 0. The Morgan fingerprint density at radius 3 is 2.69 bits per heavy atom. The van der Waals surface area contributed by atoms with E-state index in [4.69, 9.17) is 10.00 Å². The smallest absolute Gasteiger partial charge is 0.133 e. The molecule has 84 valence electrons. The third kappa shape index (κ3) is 2.78. The lowest BCUT2D eigenvalue weighted by Crippen LogP contribution is -2.12. The van der Waals surface area contributed by atoms with Gasteiger partial charge in [0.15, 0.2) is 0 Å². The SMILES string of the molecule is N#CCC1(COc2ccc(Br)cc2Br)CC1. The first-order valence-electron chi connectivity index (χ1n) is 5.10. The van der Waals surface area contributed by atoms with E-state index in [0.29, 0.717) is 13.0 Å². The Hall–Kier alpha value is -0.530. The van der Waals surface area contributed by atoms with Crippen LogP contribution in [0.25, 0.3) is 0 Å². The predicted octanol–water partition coefficient (Wildman–Crippen LogP) is 4.28. The Labute approximate surface area is 112 Å². The van der Waals surface area contributed by atoms with Gasteiger partial charge < -0.3 is 4.74 Å². The number of hydrogen-bond donors (Lipinski definition) is 0. The average molecular weight is 345 g/mol. The summed E-state index contributed by atoms with van der Waals surface area (Å²) >= 11 is 6.85. The first kappa shape index (κ1) is 11.9. The monoisotopic (exact) mass is 343 g/mol. The van der Waals surface area contributed by atoms with Crippen molar-refractivity contribution in [2.45, 2.75) is 19.3 Å². The zero-order valence-electron chi connectivity index (χ0n) is 8.67. The van der Waals surface area contributed by atoms with E-state index < -0.39 is 0 Å². The molecule has 0 N–H and O–H groups in total. The summed E-state index contributed by atoms with van der Waals surface area (Å²) in [6.45, 7) is 0.640. The van der Waals surface area contributed by atoms with Crippen LogP contribution in [0.2, 0.25) is 0 Å². The van der Waals surface area contributed by atoms with E-state index >= 15 is 0 Å². The topological polar surface area (TPSA) is 33.0 Å². The van der Waals surface area contributed by atoms with E-state index in [0.717, 1.165) is 27.5 Å². The zero-order chi connectivity index (χ0) is 11.6. The third-order valence-corrected chi connectivity index (χ3v) is 3.95. The van der Waals surface area contributed by atoms with Crippen molar-refractivity contribution in [3.8, 4) is 11.8 Å². The predicted molar refractivity (Wildman–Crippen MR) is 69.2 cm³/mol. The van der Waals surface area contributed by atoms with Crippen molar-refractivity contribution in [1.29, 1.82) is 5.26 Å². The molecular formula is C12H11Br2NO. The molecular weight excluding hydrogens is 334 g/mol. The highest BCUT2D eigenvalue weighted by molar-refractivity contribution is 9.11. The number of nitrogens with zero attached hydrogens (tertiary/aromatic N) is 1. The van der Waals surface area contributed by atoms with Gasteiger partial charge in [-0.15, -0.1) is 0 Å². The second-order valence-corrected chi connectivity index (χ2v) is 5.97. The normalized spacial score (nSPS) is 16.6. The van der Waals surface area contributed by atoms with Gasteiger partial charge in [0.1, 0.15) is 5.75 Å². The van der Waals surface area contributed by atoms with Gasteiger partial charge in [0.2, 0.25) is 0 Å². The Kier molecular flexibility index (Phi) is 3.56. The van der Waals surface area contributed by atoms with Gasteiger partial charge in [-0.25, -0.2) is 0 Å². The molecule has 0 heterocycles. The van der Waals surface area contributed by atoms with Gasteiger partial charge in [-0.3, -0.25) is 0 Å². The van der Waals surface area contributed by atoms with Crippen molar-refractivity contribution >= 4 is 31.9 Å². The molecule has 0 bridgehead atoms. The number of ether oxygens (including phenoxy) is 1. The van der Waals surface area contributed by atoms with E-state index in [1.807, 2.05) is 18.2 Å². The molecule has 4 heteroatoms. The minimum absolute atomic E-state index is 0.126. The zero-order valence-corrected chi connectivity index (χ0v) is 11.8. The van der Waals surface area contributed by atoms with Crippen molar-refractivity contribution in [3.05, 3.63) is 27.1 Å². The molecule has 1 saturated carbocycles. The molecule has 0 saturated heterocycles. The first-order chi connectivity index (χ1) is 7.65. The van der Waals surface area contributed by atoms with Crippen LogP contribution in [0.4, 0.5) is 0 Å². The van der Waals surface area contributed by atoms with Crippen LogP contribution in [-0.2, 0) is 0 Å². The summed E-state index contributed by atoms with van der Waals surface area (Å²) in [6, 6.07) is 8.06. The molecule has 0 unspecified atom stereocenters. The summed E-state index contributed by atoms with van der Waals surface area (Å²) < 4.78 is 7.71. The second kappa shape index (κ2) is 4.77. The molecule has 0 radical (unpaired) electrons. The van der Waals surface area contributed by atoms with Crippen LogP contribution in [0, 0.1) is 16.7 Å². The molecule has 0 aliphatic heterocycles. The van der Waals surface area contributed by atoms with Gasteiger partial charge in [-0.1, -0.05) is 15.9 Å². The molecule has 0 amide bonds. The highest BCUT2D eigenvalue weighted by Crippen LogP contribution is 2.49. The second-order valence-electron chi connectivity index (χ2n) is 4.20. The fraction of sp³-hybridized carbons (Fsp3) is 0.417. The van der Waals surface area contributed by atoms with Crippen molar-refractivity contribution < 1.29 is 4.74 Å². The van der Waals surface area contributed by atoms with Crippen LogP contribution in [-0.4, -0.2) is 6.61 Å². The molecule has 0 aromatic heterocycles. The van der Waals surface area contributed by atoms with E-state index in [-0.39, 0.29) is 5.41 Å². The number of nitriles is 1. The fourth-order valence-electron chi connectivity index (χ4n) is 1.54. The van der Waals surface area contributed by atoms with Crippen LogP contribution in [0.15, 0.2) is 27.1 Å². The van der Waals surface area contributed by atoms with Gasteiger partial charge in [-0.2, -0.15) is 5.26 Å². The Bertz CT molecular complexity index is 435. The third-order valence-electron chi connectivity index (χ3n) is 2.84. The molecule has 0 spiro atoms. The van der Waals surface area contributed by atoms with Crippen molar-refractivity contribution in [2.75, 3.05) is 6.61 Å². The molecule has 1 aromatic rings. The maximum atomic E-state index is 8.71. The van der Waals surface area contributed by atoms with Gasteiger partial charge in [0.25, 0.3) is 0 Å². The highest BCUT2D eigenvalue weighted by Gasteiger charge is 2.43. The van der Waals surface area contributed by atoms with E-state index in [2.05, 4.69) is 37.9 Å². The van der Waals surface area contributed by atoms with Crippen molar-refractivity contribution in [1.82, 2.24) is 0 Å². The standard InChI is InChI=1S/C12H11Br2NO/c13-9-1-2-11(10(14)7-9)16-8-12(3-4-12)5-6-15/h1-2,7H,3-5,8H2. The first-order valence-corrected chi connectivity index (χ1v) is 6.69. The molecule has 2 nitrogen and oxygen atoms in total. The average Bonchev–Trinajstić information content (AvgIpc) is 2.98. The Balaban J connectivity index is 1.98. The maximum absolute atomic E-state index is 8.71. The van der Waals surface area contributed by atoms with Gasteiger partial charge in [-0.05, 0) is 47.0 Å². The molecule has 1 aromatic carbocycles.